The van der Waals surface area contributed by atoms with E-state index in [1.807, 2.05) is 12.1 Å². The molecule has 8 nitrogen and oxygen atoms in total. The van der Waals surface area contributed by atoms with Crippen molar-refractivity contribution >= 4 is 5.97 Å². The van der Waals surface area contributed by atoms with E-state index >= 15 is 0 Å². The van der Waals surface area contributed by atoms with Crippen LogP contribution < -0.4 is 18.9 Å². The zero-order valence-corrected chi connectivity index (χ0v) is 14.8. The van der Waals surface area contributed by atoms with Crippen molar-refractivity contribution in [2.75, 3.05) is 26.8 Å². The highest BCUT2D eigenvalue weighted by molar-refractivity contribution is 5.90. The van der Waals surface area contributed by atoms with Crippen molar-refractivity contribution in [2.45, 2.75) is 12.2 Å². The number of ether oxygens (including phenoxy) is 6. The van der Waals surface area contributed by atoms with Gasteiger partial charge in [0, 0.05) is 0 Å². The lowest BCUT2D eigenvalue weighted by Crippen LogP contribution is -2.26. The Bertz CT molecular complexity index is 911. The number of hydrogen-bond donors (Lipinski definition) is 1. The zero-order valence-electron chi connectivity index (χ0n) is 14.8. The molecule has 0 amide bonds. The molecule has 3 aliphatic rings. The summed E-state index contributed by atoms with van der Waals surface area (Å²) in [7, 11) is 0. The molecular formula is C20H18O8. The first kappa shape index (κ1) is 17.2. The van der Waals surface area contributed by atoms with Gasteiger partial charge >= 0.3 is 5.97 Å². The maximum atomic E-state index is 12.4. The summed E-state index contributed by atoms with van der Waals surface area (Å²) in [5.41, 5.74) is 1.20. The van der Waals surface area contributed by atoms with E-state index in [1.165, 1.54) is 0 Å². The maximum absolute atomic E-state index is 12.4. The molecule has 1 saturated heterocycles. The maximum Gasteiger partial charge on any atom is 0.338 e. The number of hydrogen-bond acceptors (Lipinski definition) is 8. The lowest BCUT2D eigenvalue weighted by atomic mass is 9.94. The second-order valence-electron chi connectivity index (χ2n) is 6.76. The van der Waals surface area contributed by atoms with Crippen molar-refractivity contribution in [3.05, 3.63) is 47.5 Å². The number of esters is 1. The fourth-order valence-corrected chi connectivity index (χ4v) is 3.56. The fourth-order valence-electron chi connectivity index (χ4n) is 3.56. The third-order valence-corrected chi connectivity index (χ3v) is 5.07. The van der Waals surface area contributed by atoms with Crippen LogP contribution in [0.5, 0.6) is 23.0 Å². The summed E-state index contributed by atoms with van der Waals surface area (Å²) < 4.78 is 32.5. The van der Waals surface area contributed by atoms with E-state index < -0.39 is 24.1 Å². The van der Waals surface area contributed by atoms with Gasteiger partial charge < -0.3 is 33.5 Å². The third kappa shape index (κ3) is 3.00. The second kappa shape index (κ2) is 6.88. The first-order valence-corrected chi connectivity index (χ1v) is 8.95. The molecule has 28 heavy (non-hydrogen) atoms. The van der Waals surface area contributed by atoms with Gasteiger partial charge in [-0.3, -0.25) is 0 Å². The molecule has 0 radical (unpaired) electrons. The average molecular weight is 386 g/mol. The Morgan fingerprint density at radius 2 is 1.64 bits per heavy atom. The Balaban J connectivity index is 1.28. The van der Waals surface area contributed by atoms with Gasteiger partial charge in [-0.1, -0.05) is 6.07 Å². The van der Waals surface area contributed by atoms with Crippen molar-refractivity contribution in [2.24, 2.45) is 5.92 Å². The number of fused-ring (bicyclic) bond motifs is 2. The molecule has 2 aromatic carbocycles. The predicted octanol–water partition coefficient (Wildman–Crippen LogP) is 2.05. The Labute approximate surface area is 160 Å². The van der Waals surface area contributed by atoms with Crippen LogP contribution in [0, 0.1) is 5.92 Å². The fraction of sp³-hybridized carbons (Fsp3) is 0.350. The minimum Gasteiger partial charge on any atom is -0.462 e. The van der Waals surface area contributed by atoms with Gasteiger partial charge in [-0.25, -0.2) is 4.79 Å². The van der Waals surface area contributed by atoms with E-state index in [0.717, 1.165) is 5.56 Å². The van der Waals surface area contributed by atoms with Crippen molar-refractivity contribution in [3.8, 4) is 23.0 Å². The predicted molar refractivity (Wildman–Crippen MR) is 93.6 cm³/mol. The van der Waals surface area contributed by atoms with E-state index in [9.17, 15) is 9.90 Å². The van der Waals surface area contributed by atoms with Gasteiger partial charge in [0.25, 0.3) is 0 Å². The van der Waals surface area contributed by atoms with Gasteiger partial charge in [0.05, 0.1) is 36.9 Å². The van der Waals surface area contributed by atoms with Crippen molar-refractivity contribution in [1.82, 2.24) is 0 Å². The van der Waals surface area contributed by atoms with Crippen molar-refractivity contribution in [1.29, 1.82) is 0 Å². The first-order chi connectivity index (χ1) is 13.7. The molecule has 3 atom stereocenters. The summed E-state index contributed by atoms with van der Waals surface area (Å²) in [6, 6.07) is 10.4. The molecule has 0 unspecified atom stereocenters. The second-order valence-corrected chi connectivity index (χ2v) is 6.76. The lowest BCUT2D eigenvalue weighted by Gasteiger charge is -2.21. The van der Waals surface area contributed by atoms with Crippen molar-refractivity contribution in [3.63, 3.8) is 0 Å². The van der Waals surface area contributed by atoms with Gasteiger partial charge in [0.1, 0.15) is 0 Å². The number of carbonyl (C=O) groups excluding carboxylic acids is 1. The monoisotopic (exact) mass is 386 g/mol. The molecule has 0 aliphatic carbocycles. The van der Waals surface area contributed by atoms with Gasteiger partial charge in [0.15, 0.2) is 23.0 Å². The zero-order chi connectivity index (χ0) is 19.1. The largest absolute Gasteiger partial charge is 0.462 e. The Morgan fingerprint density at radius 3 is 2.43 bits per heavy atom. The number of carbonyl (C=O) groups is 1. The van der Waals surface area contributed by atoms with E-state index in [2.05, 4.69) is 0 Å². The molecule has 3 aliphatic heterocycles. The Morgan fingerprint density at radius 1 is 0.964 bits per heavy atom. The smallest absolute Gasteiger partial charge is 0.338 e. The molecule has 8 heteroatoms. The number of aliphatic hydroxyl groups excluding tert-OH is 1. The van der Waals surface area contributed by atoms with Crippen LogP contribution in [0.3, 0.4) is 0 Å². The van der Waals surface area contributed by atoms with Crippen LogP contribution >= 0.6 is 0 Å². The quantitative estimate of drug-likeness (QED) is 0.799. The summed E-state index contributed by atoms with van der Waals surface area (Å²) in [6.07, 6.45) is -1.14. The molecule has 5 rings (SSSR count). The van der Waals surface area contributed by atoms with Crippen LogP contribution in [0.15, 0.2) is 36.4 Å². The summed E-state index contributed by atoms with van der Waals surface area (Å²) in [5.74, 6) is 1.53. The van der Waals surface area contributed by atoms with Crippen LogP contribution in [0.1, 0.15) is 22.0 Å². The highest BCUT2D eigenvalue weighted by atomic mass is 16.7. The standard InChI is InChI=1S/C20H18O8/c21-14-8-23-19(11-1-3-15-17(5-11)27-9-25-15)13(14)7-24-20(22)12-2-4-16-18(6-12)28-10-26-16/h1-6,13-14,19,21H,7-10H2/t13-,14+,19+/m0/s1. The minimum absolute atomic E-state index is 0.0214. The van der Waals surface area contributed by atoms with Crippen LogP contribution in [-0.4, -0.2) is 44.0 Å². The van der Waals surface area contributed by atoms with E-state index in [4.69, 9.17) is 28.4 Å². The third-order valence-electron chi connectivity index (χ3n) is 5.07. The number of aliphatic hydroxyl groups is 1. The van der Waals surface area contributed by atoms with Crippen LogP contribution in [0.25, 0.3) is 0 Å². The number of benzene rings is 2. The molecule has 0 bridgehead atoms. The van der Waals surface area contributed by atoms with E-state index in [-0.39, 0.29) is 26.8 Å². The molecule has 1 N–H and O–H groups in total. The first-order valence-electron chi connectivity index (χ1n) is 8.95. The molecule has 0 aromatic heterocycles. The van der Waals surface area contributed by atoms with E-state index in [1.54, 1.807) is 24.3 Å². The lowest BCUT2D eigenvalue weighted by molar-refractivity contribution is 0.0235. The molecule has 1 fully saturated rings. The van der Waals surface area contributed by atoms with Gasteiger partial charge in [0.2, 0.25) is 13.6 Å². The molecular weight excluding hydrogens is 368 g/mol. The Hall–Kier alpha value is -2.97. The molecule has 146 valence electrons. The van der Waals surface area contributed by atoms with Gasteiger partial charge in [-0.15, -0.1) is 0 Å². The van der Waals surface area contributed by atoms with Gasteiger partial charge in [-0.05, 0) is 35.9 Å². The highest BCUT2D eigenvalue weighted by Crippen LogP contribution is 2.40. The summed E-state index contributed by atoms with van der Waals surface area (Å²) in [6.45, 7) is 0.513. The summed E-state index contributed by atoms with van der Waals surface area (Å²) in [5, 5.41) is 10.3. The molecule has 0 spiro atoms. The van der Waals surface area contributed by atoms with Crippen LogP contribution in [0.4, 0.5) is 0 Å². The number of rotatable bonds is 4. The molecule has 3 heterocycles. The average Bonchev–Trinajstić information content (AvgIpc) is 3.44. The minimum atomic E-state index is -0.736. The van der Waals surface area contributed by atoms with Crippen molar-refractivity contribution < 1.29 is 38.3 Å². The van der Waals surface area contributed by atoms with Crippen LogP contribution in [-0.2, 0) is 9.47 Å². The summed E-state index contributed by atoms with van der Waals surface area (Å²) in [4.78, 5) is 12.4. The van der Waals surface area contributed by atoms with Crippen LogP contribution in [0.2, 0.25) is 0 Å². The highest BCUT2D eigenvalue weighted by Gasteiger charge is 2.39. The topological polar surface area (TPSA) is 92.7 Å². The summed E-state index contributed by atoms with van der Waals surface area (Å²) >= 11 is 0. The normalized spacial score (nSPS) is 24.4. The Kier molecular flexibility index (Phi) is 4.22. The molecule has 2 aromatic rings. The molecule has 0 saturated carbocycles. The SMILES string of the molecule is O=C(OC[C@H]1[C@H](O)CO[C@@H]1c1ccc2c(c1)OCO2)c1ccc2c(c1)OCO2. The van der Waals surface area contributed by atoms with Gasteiger partial charge in [-0.2, -0.15) is 0 Å². The van der Waals surface area contributed by atoms with E-state index in [0.29, 0.717) is 28.6 Å².